The Bertz CT molecular complexity index is 1040. The van der Waals surface area contributed by atoms with Crippen molar-refractivity contribution in [2.75, 3.05) is 10.6 Å². The lowest BCUT2D eigenvalue weighted by atomic mass is 10.1. The second-order valence-corrected chi connectivity index (χ2v) is 9.62. The summed E-state index contributed by atoms with van der Waals surface area (Å²) in [6.07, 6.45) is 1.93. The molecule has 4 rings (SSSR count). The molecule has 1 fully saturated rings. The van der Waals surface area contributed by atoms with Crippen molar-refractivity contribution in [1.82, 2.24) is 0 Å². The van der Waals surface area contributed by atoms with Gasteiger partial charge in [-0.2, -0.15) is 0 Å². The van der Waals surface area contributed by atoms with E-state index in [9.17, 15) is 9.59 Å². The zero-order chi connectivity index (χ0) is 20.9. The average molecular weight is 528 g/mol. The fourth-order valence-electron chi connectivity index (χ4n) is 3.01. The smallest absolute Gasteiger partial charge is 0.242 e. The highest BCUT2D eigenvalue weighted by molar-refractivity contribution is 14.1. The van der Waals surface area contributed by atoms with Gasteiger partial charge in [-0.3, -0.25) is 9.59 Å². The van der Waals surface area contributed by atoms with E-state index < -0.39 is 5.25 Å². The van der Waals surface area contributed by atoms with Crippen molar-refractivity contribution < 1.29 is 9.59 Å². The van der Waals surface area contributed by atoms with Gasteiger partial charge in [-0.1, -0.05) is 36.4 Å². The predicted octanol–water partition coefficient (Wildman–Crippen LogP) is 6.11. The van der Waals surface area contributed by atoms with Crippen LogP contribution in [0.5, 0.6) is 0 Å². The van der Waals surface area contributed by atoms with Gasteiger partial charge in [0.05, 0.1) is 0 Å². The monoisotopic (exact) mass is 528 g/mol. The molecule has 3 aromatic rings. The van der Waals surface area contributed by atoms with Crippen LogP contribution in [-0.4, -0.2) is 11.8 Å². The number of thioether (sulfide) groups is 1. The van der Waals surface area contributed by atoms with Gasteiger partial charge in [0.1, 0.15) is 5.25 Å². The zero-order valence-electron chi connectivity index (χ0n) is 16.2. The van der Waals surface area contributed by atoms with Crippen molar-refractivity contribution in [3.8, 4) is 0 Å². The molecule has 0 aromatic heterocycles. The van der Waals surface area contributed by atoms with Crippen LogP contribution < -0.4 is 10.6 Å². The van der Waals surface area contributed by atoms with Gasteiger partial charge in [0.25, 0.3) is 0 Å². The van der Waals surface area contributed by atoms with Crippen LogP contribution in [0.2, 0.25) is 0 Å². The van der Waals surface area contributed by atoms with Gasteiger partial charge in [-0.15, -0.1) is 11.8 Å². The van der Waals surface area contributed by atoms with Crippen molar-refractivity contribution in [3.63, 3.8) is 0 Å². The molecule has 1 saturated carbocycles. The highest BCUT2D eigenvalue weighted by Gasteiger charge is 2.29. The van der Waals surface area contributed by atoms with E-state index in [-0.39, 0.29) is 17.7 Å². The maximum atomic E-state index is 13.2. The van der Waals surface area contributed by atoms with Gasteiger partial charge in [-0.05, 0) is 83.5 Å². The number of hydrogen-bond acceptors (Lipinski definition) is 3. The number of carbonyl (C=O) groups is 2. The molecule has 0 bridgehead atoms. The molecule has 1 aliphatic carbocycles. The molecule has 0 radical (unpaired) electrons. The van der Waals surface area contributed by atoms with E-state index in [1.165, 1.54) is 11.8 Å². The highest BCUT2D eigenvalue weighted by Crippen LogP contribution is 2.37. The number of hydrogen-bond donors (Lipinski definition) is 2. The minimum atomic E-state index is -0.417. The predicted molar refractivity (Wildman–Crippen MR) is 131 cm³/mol. The molecule has 0 spiro atoms. The van der Waals surface area contributed by atoms with Gasteiger partial charge in [0, 0.05) is 25.8 Å². The van der Waals surface area contributed by atoms with Crippen LogP contribution in [0.25, 0.3) is 0 Å². The zero-order valence-corrected chi connectivity index (χ0v) is 19.2. The lowest BCUT2D eigenvalue weighted by molar-refractivity contribution is -0.117. The average Bonchev–Trinajstić information content (AvgIpc) is 3.60. The molecule has 2 amide bonds. The van der Waals surface area contributed by atoms with E-state index in [1.54, 1.807) is 0 Å². The second kappa shape index (κ2) is 9.66. The van der Waals surface area contributed by atoms with E-state index in [0.717, 1.165) is 38.2 Å². The molecule has 6 heteroatoms. The molecular formula is C24H21IN2O2S. The van der Waals surface area contributed by atoms with E-state index in [2.05, 4.69) is 33.2 Å². The molecule has 152 valence electrons. The Kier molecular flexibility index (Phi) is 6.74. The first-order valence-corrected chi connectivity index (χ1v) is 11.7. The summed E-state index contributed by atoms with van der Waals surface area (Å²) >= 11 is 3.71. The maximum Gasteiger partial charge on any atom is 0.242 e. The van der Waals surface area contributed by atoms with Crippen molar-refractivity contribution in [1.29, 1.82) is 0 Å². The lowest BCUT2D eigenvalue weighted by Crippen LogP contribution is -2.19. The molecule has 1 atom stereocenters. The molecular weight excluding hydrogens is 507 g/mol. The second-order valence-electron chi connectivity index (χ2n) is 7.20. The minimum Gasteiger partial charge on any atom is -0.326 e. The lowest BCUT2D eigenvalue weighted by Gasteiger charge is -2.18. The van der Waals surface area contributed by atoms with Gasteiger partial charge in [-0.25, -0.2) is 0 Å². The number of anilines is 2. The number of halogens is 1. The molecule has 3 aromatic carbocycles. The maximum absolute atomic E-state index is 13.2. The SMILES string of the molecule is O=C(Nc1cccc(SC(C(=O)Nc2ccc(I)cc2)c2ccccc2)c1)C1CC1. The Labute approximate surface area is 194 Å². The number of carbonyl (C=O) groups excluding carboxylic acids is 2. The summed E-state index contributed by atoms with van der Waals surface area (Å²) in [5, 5.41) is 5.59. The van der Waals surface area contributed by atoms with Crippen LogP contribution in [0.3, 0.4) is 0 Å². The Morgan fingerprint density at radius 2 is 1.60 bits per heavy atom. The van der Waals surface area contributed by atoms with Crippen molar-refractivity contribution in [3.05, 3.63) is 88.0 Å². The van der Waals surface area contributed by atoms with E-state index >= 15 is 0 Å². The normalized spacial score (nSPS) is 14.0. The summed E-state index contributed by atoms with van der Waals surface area (Å²) in [5.74, 6) is 0.145. The summed E-state index contributed by atoms with van der Waals surface area (Å²) in [6, 6.07) is 25.2. The van der Waals surface area contributed by atoms with E-state index in [4.69, 9.17) is 0 Å². The summed E-state index contributed by atoms with van der Waals surface area (Å²) in [6.45, 7) is 0. The standard InChI is InChI=1S/C24H21IN2O2S/c25-18-11-13-19(14-12-18)26-24(29)22(16-5-2-1-3-6-16)30-21-8-4-7-20(15-21)27-23(28)17-9-10-17/h1-8,11-15,17,22H,9-10H2,(H,26,29)(H,27,28). The third-order valence-corrected chi connectivity index (χ3v) is 6.72. The first-order valence-electron chi connectivity index (χ1n) is 9.77. The Balaban J connectivity index is 1.53. The van der Waals surface area contributed by atoms with Crippen LogP contribution in [0.4, 0.5) is 11.4 Å². The third kappa shape index (κ3) is 5.64. The largest absolute Gasteiger partial charge is 0.326 e. The molecule has 1 unspecified atom stereocenters. The summed E-state index contributed by atoms with van der Waals surface area (Å²) in [7, 11) is 0. The van der Waals surface area contributed by atoms with Gasteiger partial charge in [0.2, 0.25) is 11.8 Å². The molecule has 1 aliphatic rings. The quantitative estimate of drug-likeness (QED) is 0.287. The first kappa shape index (κ1) is 20.9. The highest BCUT2D eigenvalue weighted by atomic mass is 127. The number of amides is 2. The number of benzene rings is 3. The Morgan fingerprint density at radius 1 is 0.867 bits per heavy atom. The fourth-order valence-corrected chi connectivity index (χ4v) is 4.46. The number of rotatable bonds is 7. The molecule has 0 saturated heterocycles. The molecule has 0 heterocycles. The van der Waals surface area contributed by atoms with Gasteiger partial charge >= 0.3 is 0 Å². The van der Waals surface area contributed by atoms with E-state index in [0.29, 0.717) is 0 Å². The van der Waals surface area contributed by atoms with Crippen LogP contribution in [0.1, 0.15) is 23.7 Å². The van der Waals surface area contributed by atoms with Crippen LogP contribution >= 0.6 is 34.4 Å². The fraction of sp³-hybridized carbons (Fsp3) is 0.167. The molecule has 0 aliphatic heterocycles. The summed E-state index contributed by atoms with van der Waals surface area (Å²) < 4.78 is 1.12. The minimum absolute atomic E-state index is 0.0770. The Morgan fingerprint density at radius 3 is 2.30 bits per heavy atom. The summed E-state index contributed by atoms with van der Waals surface area (Å²) in [4.78, 5) is 26.2. The van der Waals surface area contributed by atoms with Crippen LogP contribution in [0.15, 0.2) is 83.8 Å². The third-order valence-electron chi connectivity index (χ3n) is 4.76. The first-order chi connectivity index (χ1) is 14.6. The molecule has 30 heavy (non-hydrogen) atoms. The Hall–Kier alpha value is -2.32. The topological polar surface area (TPSA) is 58.2 Å². The van der Waals surface area contributed by atoms with Crippen molar-refractivity contribution in [2.45, 2.75) is 23.0 Å². The molecule has 2 N–H and O–H groups in total. The van der Waals surface area contributed by atoms with Crippen molar-refractivity contribution in [2.24, 2.45) is 5.92 Å². The van der Waals surface area contributed by atoms with Crippen LogP contribution in [0, 0.1) is 9.49 Å². The number of nitrogens with one attached hydrogen (secondary N) is 2. The van der Waals surface area contributed by atoms with Crippen molar-refractivity contribution >= 4 is 57.5 Å². The van der Waals surface area contributed by atoms with E-state index in [1.807, 2.05) is 78.9 Å². The van der Waals surface area contributed by atoms with Gasteiger partial charge < -0.3 is 10.6 Å². The van der Waals surface area contributed by atoms with Crippen LogP contribution in [-0.2, 0) is 9.59 Å². The molecule has 4 nitrogen and oxygen atoms in total. The summed E-state index contributed by atoms with van der Waals surface area (Å²) in [5.41, 5.74) is 2.46. The van der Waals surface area contributed by atoms with Gasteiger partial charge in [0.15, 0.2) is 0 Å².